The SMILES string of the molecule is COc1nc(OC)nc(N2CCC[C@@H](c3ccnc(N(C)C)c3)C2)n1. The maximum Gasteiger partial charge on any atom is 0.324 e. The molecule has 0 amide bonds. The maximum absolute atomic E-state index is 5.16. The summed E-state index contributed by atoms with van der Waals surface area (Å²) in [5, 5.41) is 0. The molecule has 1 aliphatic rings. The van der Waals surface area contributed by atoms with Crippen LogP contribution in [0.25, 0.3) is 0 Å². The molecule has 1 aliphatic heterocycles. The third-order valence-corrected chi connectivity index (χ3v) is 4.35. The van der Waals surface area contributed by atoms with E-state index >= 15 is 0 Å². The second-order valence-electron chi connectivity index (χ2n) is 6.24. The summed E-state index contributed by atoms with van der Waals surface area (Å²) in [4.78, 5) is 21.4. The van der Waals surface area contributed by atoms with Crippen molar-refractivity contribution in [1.29, 1.82) is 0 Å². The fourth-order valence-electron chi connectivity index (χ4n) is 3.02. The second kappa shape index (κ2) is 7.50. The summed E-state index contributed by atoms with van der Waals surface area (Å²) in [5.74, 6) is 1.97. The molecule has 0 radical (unpaired) electrons. The summed E-state index contributed by atoms with van der Waals surface area (Å²) >= 11 is 0. The first-order valence-electron chi connectivity index (χ1n) is 8.33. The number of aromatic nitrogens is 4. The lowest BCUT2D eigenvalue weighted by Crippen LogP contribution is -2.35. The molecule has 0 aliphatic carbocycles. The monoisotopic (exact) mass is 344 g/mol. The van der Waals surface area contributed by atoms with Crippen LogP contribution in [0.4, 0.5) is 11.8 Å². The number of ether oxygens (including phenoxy) is 2. The first-order valence-corrected chi connectivity index (χ1v) is 8.33. The standard InChI is InChI=1S/C17H24N6O2/c1-22(2)14-10-12(7-8-18-14)13-6-5-9-23(11-13)15-19-16(24-3)21-17(20-15)25-4/h7-8,10,13H,5-6,9,11H2,1-4H3/t13-/m1/s1. The van der Waals surface area contributed by atoms with E-state index in [1.54, 1.807) is 0 Å². The van der Waals surface area contributed by atoms with Crippen molar-refractivity contribution >= 4 is 11.8 Å². The zero-order valence-electron chi connectivity index (χ0n) is 15.1. The minimum Gasteiger partial charge on any atom is -0.467 e. The lowest BCUT2D eigenvalue weighted by Gasteiger charge is -2.33. The number of rotatable bonds is 5. The Balaban J connectivity index is 1.83. The van der Waals surface area contributed by atoms with Gasteiger partial charge in [-0.2, -0.15) is 9.97 Å². The van der Waals surface area contributed by atoms with Gasteiger partial charge in [0.15, 0.2) is 0 Å². The highest BCUT2D eigenvalue weighted by atomic mass is 16.5. The number of hydrogen-bond acceptors (Lipinski definition) is 8. The van der Waals surface area contributed by atoms with E-state index < -0.39 is 0 Å². The van der Waals surface area contributed by atoms with Crippen molar-refractivity contribution in [3.63, 3.8) is 0 Å². The smallest absolute Gasteiger partial charge is 0.324 e. The van der Waals surface area contributed by atoms with E-state index in [1.807, 2.05) is 25.2 Å². The number of nitrogens with zero attached hydrogens (tertiary/aromatic N) is 6. The third-order valence-electron chi connectivity index (χ3n) is 4.35. The Morgan fingerprint density at radius 2 is 1.84 bits per heavy atom. The molecule has 3 rings (SSSR count). The summed E-state index contributed by atoms with van der Waals surface area (Å²) in [6.45, 7) is 1.74. The first kappa shape index (κ1) is 17.2. The van der Waals surface area contributed by atoms with Gasteiger partial charge < -0.3 is 19.3 Å². The van der Waals surface area contributed by atoms with Gasteiger partial charge in [-0.15, -0.1) is 4.98 Å². The molecule has 3 heterocycles. The molecule has 1 fully saturated rings. The van der Waals surface area contributed by atoms with E-state index in [-0.39, 0.29) is 12.0 Å². The summed E-state index contributed by atoms with van der Waals surface area (Å²) in [7, 11) is 7.08. The van der Waals surface area contributed by atoms with Crippen molar-refractivity contribution in [2.75, 3.05) is 51.2 Å². The molecule has 0 unspecified atom stereocenters. The van der Waals surface area contributed by atoms with Gasteiger partial charge in [0.25, 0.3) is 0 Å². The van der Waals surface area contributed by atoms with Gasteiger partial charge in [0.05, 0.1) is 14.2 Å². The van der Waals surface area contributed by atoms with Crippen LogP contribution in [0.1, 0.15) is 24.3 Å². The van der Waals surface area contributed by atoms with Crippen molar-refractivity contribution in [1.82, 2.24) is 19.9 Å². The Morgan fingerprint density at radius 3 is 2.48 bits per heavy atom. The lowest BCUT2D eigenvalue weighted by molar-refractivity contribution is 0.338. The molecular weight excluding hydrogens is 320 g/mol. The molecule has 134 valence electrons. The van der Waals surface area contributed by atoms with Crippen LogP contribution in [0, 0.1) is 0 Å². The normalized spacial score (nSPS) is 17.3. The van der Waals surface area contributed by atoms with Crippen molar-refractivity contribution in [2.24, 2.45) is 0 Å². The Morgan fingerprint density at radius 1 is 1.12 bits per heavy atom. The number of methoxy groups -OCH3 is 2. The van der Waals surface area contributed by atoms with E-state index in [2.05, 4.69) is 37.0 Å². The zero-order chi connectivity index (χ0) is 17.8. The summed E-state index contributed by atoms with van der Waals surface area (Å²) < 4.78 is 10.3. The summed E-state index contributed by atoms with van der Waals surface area (Å²) in [6.07, 6.45) is 4.08. The van der Waals surface area contributed by atoms with Crippen LogP contribution in [0.3, 0.4) is 0 Å². The summed E-state index contributed by atoms with van der Waals surface area (Å²) in [6, 6.07) is 4.78. The zero-order valence-corrected chi connectivity index (χ0v) is 15.1. The highest BCUT2D eigenvalue weighted by molar-refractivity contribution is 5.42. The molecule has 0 aromatic carbocycles. The predicted molar refractivity (Wildman–Crippen MR) is 95.7 cm³/mol. The Hall–Kier alpha value is -2.64. The fourth-order valence-corrected chi connectivity index (χ4v) is 3.02. The van der Waals surface area contributed by atoms with Gasteiger partial charge in [0.2, 0.25) is 5.95 Å². The van der Waals surface area contributed by atoms with Gasteiger partial charge in [-0.25, -0.2) is 4.98 Å². The third kappa shape index (κ3) is 3.89. The lowest BCUT2D eigenvalue weighted by atomic mass is 9.91. The number of hydrogen-bond donors (Lipinski definition) is 0. The van der Waals surface area contributed by atoms with Crippen molar-refractivity contribution in [3.8, 4) is 12.0 Å². The van der Waals surface area contributed by atoms with Crippen LogP contribution in [0.5, 0.6) is 12.0 Å². The number of anilines is 2. The molecule has 2 aromatic rings. The van der Waals surface area contributed by atoms with Gasteiger partial charge in [-0.1, -0.05) is 0 Å². The molecule has 0 N–H and O–H groups in total. The maximum atomic E-state index is 5.16. The largest absolute Gasteiger partial charge is 0.467 e. The Kier molecular flexibility index (Phi) is 5.16. The highest BCUT2D eigenvalue weighted by Crippen LogP contribution is 2.30. The van der Waals surface area contributed by atoms with Crippen LogP contribution < -0.4 is 19.3 Å². The van der Waals surface area contributed by atoms with Gasteiger partial charge in [-0.05, 0) is 30.5 Å². The average Bonchev–Trinajstić information content (AvgIpc) is 2.67. The predicted octanol–water partition coefficient (Wildman–Crippen LogP) is 1.73. The highest BCUT2D eigenvalue weighted by Gasteiger charge is 2.25. The molecule has 8 heteroatoms. The molecule has 1 atom stereocenters. The van der Waals surface area contributed by atoms with Crippen molar-refractivity contribution in [3.05, 3.63) is 23.9 Å². The van der Waals surface area contributed by atoms with Crippen molar-refractivity contribution < 1.29 is 9.47 Å². The second-order valence-corrected chi connectivity index (χ2v) is 6.24. The van der Waals surface area contributed by atoms with Crippen LogP contribution in [0.15, 0.2) is 18.3 Å². The van der Waals surface area contributed by atoms with Gasteiger partial charge in [0.1, 0.15) is 5.82 Å². The van der Waals surface area contributed by atoms with Crippen LogP contribution in [-0.4, -0.2) is 61.3 Å². The van der Waals surface area contributed by atoms with E-state index in [1.165, 1.54) is 19.8 Å². The summed E-state index contributed by atoms with van der Waals surface area (Å²) in [5.41, 5.74) is 1.29. The van der Waals surface area contributed by atoms with Gasteiger partial charge in [-0.3, -0.25) is 0 Å². The van der Waals surface area contributed by atoms with Gasteiger partial charge in [0, 0.05) is 39.3 Å². The van der Waals surface area contributed by atoms with Crippen molar-refractivity contribution in [2.45, 2.75) is 18.8 Å². The fraction of sp³-hybridized carbons (Fsp3) is 0.529. The number of pyridine rings is 1. The molecule has 1 saturated heterocycles. The molecule has 8 nitrogen and oxygen atoms in total. The molecule has 0 spiro atoms. The molecular formula is C17H24N6O2. The van der Waals surface area contributed by atoms with E-state index in [4.69, 9.17) is 9.47 Å². The Labute approximate surface area is 147 Å². The first-order chi connectivity index (χ1) is 12.1. The van der Waals surface area contributed by atoms with Crippen LogP contribution in [-0.2, 0) is 0 Å². The average molecular weight is 344 g/mol. The van der Waals surface area contributed by atoms with Crippen LogP contribution in [0.2, 0.25) is 0 Å². The Bertz CT molecular complexity index is 702. The molecule has 0 saturated carbocycles. The van der Waals surface area contributed by atoms with E-state index in [0.29, 0.717) is 11.9 Å². The van der Waals surface area contributed by atoms with E-state index in [0.717, 1.165) is 31.7 Å². The molecule has 2 aromatic heterocycles. The van der Waals surface area contributed by atoms with Gasteiger partial charge >= 0.3 is 12.0 Å². The molecule has 25 heavy (non-hydrogen) atoms. The van der Waals surface area contributed by atoms with Crippen LogP contribution >= 0.6 is 0 Å². The topological polar surface area (TPSA) is 76.5 Å². The number of piperidine rings is 1. The minimum atomic E-state index is 0.266. The minimum absolute atomic E-state index is 0.266. The quantitative estimate of drug-likeness (QED) is 0.812. The molecule has 0 bridgehead atoms. The van der Waals surface area contributed by atoms with E-state index in [9.17, 15) is 0 Å².